The predicted molar refractivity (Wildman–Crippen MR) is 73.0 cm³/mol. The average molecular weight is 279 g/mol. The van der Waals surface area contributed by atoms with Crippen LogP contribution in [0.4, 0.5) is 4.39 Å². The molecule has 2 N–H and O–H groups in total. The molecule has 0 aliphatic carbocycles. The fraction of sp³-hybridized carbons (Fsp3) is 0.333. The molecule has 0 aliphatic heterocycles. The first-order valence-corrected chi connectivity index (χ1v) is 6.40. The van der Waals surface area contributed by atoms with Crippen molar-refractivity contribution >= 4 is 0 Å². The quantitative estimate of drug-likeness (QED) is 0.853. The zero-order chi connectivity index (χ0) is 14.5. The molecule has 5 heteroatoms. The lowest BCUT2D eigenvalue weighted by molar-refractivity contribution is 0.144. The number of rotatable bonds is 6. The molecular formula is C15H18FNO3. The fourth-order valence-corrected chi connectivity index (χ4v) is 1.93. The highest BCUT2D eigenvalue weighted by Gasteiger charge is 2.14. The molecule has 0 amide bonds. The lowest BCUT2D eigenvalue weighted by Crippen LogP contribution is -2.24. The third kappa shape index (κ3) is 3.37. The minimum absolute atomic E-state index is 0.0471. The maximum absolute atomic E-state index is 13.3. The maximum Gasteiger partial charge on any atom is 0.165 e. The van der Waals surface area contributed by atoms with Crippen molar-refractivity contribution in [3.8, 4) is 5.75 Å². The van der Waals surface area contributed by atoms with E-state index in [1.165, 1.54) is 19.4 Å². The lowest BCUT2D eigenvalue weighted by atomic mass is 10.1. The van der Waals surface area contributed by atoms with E-state index in [-0.39, 0.29) is 17.6 Å². The molecule has 108 valence electrons. The smallest absolute Gasteiger partial charge is 0.165 e. The van der Waals surface area contributed by atoms with Crippen LogP contribution in [-0.4, -0.2) is 18.8 Å². The van der Waals surface area contributed by atoms with Gasteiger partial charge in [-0.1, -0.05) is 6.07 Å². The number of ether oxygens (including phenoxy) is 1. The first kappa shape index (κ1) is 14.6. The van der Waals surface area contributed by atoms with E-state index in [2.05, 4.69) is 5.32 Å². The second kappa shape index (κ2) is 6.54. The summed E-state index contributed by atoms with van der Waals surface area (Å²) in [5.74, 6) is 0.336. The molecule has 4 nitrogen and oxygen atoms in total. The summed E-state index contributed by atoms with van der Waals surface area (Å²) < 4.78 is 23.4. The predicted octanol–water partition coefficient (Wildman–Crippen LogP) is 2.81. The van der Waals surface area contributed by atoms with Crippen LogP contribution >= 0.6 is 0 Å². The van der Waals surface area contributed by atoms with Crippen molar-refractivity contribution in [2.24, 2.45) is 0 Å². The van der Waals surface area contributed by atoms with Gasteiger partial charge in [0.25, 0.3) is 0 Å². The van der Waals surface area contributed by atoms with E-state index in [1.54, 1.807) is 24.3 Å². The molecule has 2 unspecified atom stereocenters. The van der Waals surface area contributed by atoms with Crippen molar-refractivity contribution in [3.63, 3.8) is 0 Å². The van der Waals surface area contributed by atoms with Gasteiger partial charge in [0, 0.05) is 12.6 Å². The van der Waals surface area contributed by atoms with Gasteiger partial charge in [-0.05, 0) is 36.8 Å². The monoisotopic (exact) mass is 279 g/mol. The number of aliphatic hydroxyl groups is 1. The van der Waals surface area contributed by atoms with Gasteiger partial charge in [0.1, 0.15) is 11.9 Å². The Labute approximate surface area is 117 Å². The molecule has 0 aliphatic rings. The second-order valence-corrected chi connectivity index (χ2v) is 4.56. The van der Waals surface area contributed by atoms with Crippen molar-refractivity contribution < 1.29 is 18.7 Å². The van der Waals surface area contributed by atoms with E-state index < -0.39 is 6.10 Å². The number of aliphatic hydroxyl groups excluding tert-OH is 1. The normalized spacial score (nSPS) is 14.0. The summed E-state index contributed by atoms with van der Waals surface area (Å²) in [6, 6.07) is 8.11. The number of furan rings is 1. The van der Waals surface area contributed by atoms with Crippen molar-refractivity contribution in [1.29, 1.82) is 0 Å². The average Bonchev–Trinajstić information content (AvgIpc) is 2.99. The Bertz CT molecular complexity index is 542. The van der Waals surface area contributed by atoms with Crippen LogP contribution in [0.1, 0.15) is 30.4 Å². The first-order valence-electron chi connectivity index (χ1n) is 6.40. The summed E-state index contributed by atoms with van der Waals surface area (Å²) in [4.78, 5) is 0. The molecule has 0 saturated carbocycles. The summed E-state index contributed by atoms with van der Waals surface area (Å²) in [5.41, 5.74) is 0.884. The molecule has 20 heavy (non-hydrogen) atoms. The number of methoxy groups -OCH3 is 1. The van der Waals surface area contributed by atoms with E-state index in [1.807, 2.05) is 6.92 Å². The largest absolute Gasteiger partial charge is 0.494 e. The number of halogens is 1. The molecule has 0 bridgehead atoms. The Hall–Kier alpha value is -1.85. The summed E-state index contributed by atoms with van der Waals surface area (Å²) in [6.07, 6.45) is 0.807. The Kier molecular flexibility index (Phi) is 4.76. The van der Waals surface area contributed by atoms with Crippen LogP contribution in [0.3, 0.4) is 0 Å². The van der Waals surface area contributed by atoms with Crippen molar-refractivity contribution in [2.75, 3.05) is 13.7 Å². The number of benzene rings is 1. The summed E-state index contributed by atoms with van der Waals surface area (Å²) >= 11 is 0. The van der Waals surface area contributed by atoms with Gasteiger partial charge in [0.15, 0.2) is 11.6 Å². The number of nitrogens with one attached hydrogen (secondary N) is 1. The summed E-state index contributed by atoms with van der Waals surface area (Å²) in [5, 5.41) is 13.1. The minimum atomic E-state index is -0.713. The Balaban J connectivity index is 1.96. The van der Waals surface area contributed by atoms with Gasteiger partial charge >= 0.3 is 0 Å². The van der Waals surface area contributed by atoms with Gasteiger partial charge in [0.05, 0.1) is 13.4 Å². The molecular weight excluding hydrogens is 261 g/mol. The van der Waals surface area contributed by atoms with Crippen LogP contribution in [0.15, 0.2) is 41.0 Å². The highest BCUT2D eigenvalue weighted by atomic mass is 19.1. The Morgan fingerprint density at radius 1 is 1.40 bits per heavy atom. The van der Waals surface area contributed by atoms with Crippen LogP contribution in [0, 0.1) is 5.82 Å². The van der Waals surface area contributed by atoms with Gasteiger partial charge in [-0.15, -0.1) is 0 Å². The standard InChI is InChI=1S/C15H18FNO3/c1-10(11-5-6-12(16)15(8-11)19-2)17-9-13(18)14-4-3-7-20-14/h3-8,10,13,17-18H,9H2,1-2H3. The van der Waals surface area contributed by atoms with Crippen LogP contribution < -0.4 is 10.1 Å². The van der Waals surface area contributed by atoms with E-state index >= 15 is 0 Å². The Morgan fingerprint density at radius 2 is 2.20 bits per heavy atom. The Morgan fingerprint density at radius 3 is 2.85 bits per heavy atom. The molecule has 0 saturated heterocycles. The number of hydrogen-bond donors (Lipinski definition) is 2. The molecule has 2 rings (SSSR count). The molecule has 0 spiro atoms. The van der Waals surface area contributed by atoms with Crippen LogP contribution in [-0.2, 0) is 0 Å². The molecule has 2 aromatic rings. The molecule has 2 atom stereocenters. The molecule has 1 aromatic carbocycles. The van der Waals surface area contributed by atoms with E-state index in [0.717, 1.165) is 5.56 Å². The summed E-state index contributed by atoms with van der Waals surface area (Å²) in [6.45, 7) is 2.27. The van der Waals surface area contributed by atoms with Gasteiger partial charge in [-0.3, -0.25) is 0 Å². The van der Waals surface area contributed by atoms with Crippen molar-refractivity contribution in [3.05, 3.63) is 53.7 Å². The van der Waals surface area contributed by atoms with Gasteiger partial charge in [-0.25, -0.2) is 4.39 Å². The molecule has 1 aromatic heterocycles. The molecule has 0 fully saturated rings. The summed E-state index contributed by atoms with van der Waals surface area (Å²) in [7, 11) is 1.43. The zero-order valence-electron chi connectivity index (χ0n) is 11.5. The fourth-order valence-electron chi connectivity index (χ4n) is 1.93. The van der Waals surface area contributed by atoms with Crippen LogP contribution in [0.2, 0.25) is 0 Å². The third-order valence-electron chi connectivity index (χ3n) is 3.16. The third-order valence-corrected chi connectivity index (χ3v) is 3.16. The van der Waals surface area contributed by atoms with E-state index in [4.69, 9.17) is 9.15 Å². The maximum atomic E-state index is 13.3. The first-order chi connectivity index (χ1) is 9.61. The second-order valence-electron chi connectivity index (χ2n) is 4.56. The highest BCUT2D eigenvalue weighted by molar-refractivity contribution is 5.31. The van der Waals surface area contributed by atoms with E-state index in [0.29, 0.717) is 12.3 Å². The SMILES string of the molecule is COc1cc(C(C)NCC(O)c2ccco2)ccc1F. The van der Waals surface area contributed by atoms with Crippen molar-refractivity contribution in [2.45, 2.75) is 19.1 Å². The van der Waals surface area contributed by atoms with Gasteiger partial charge in [0.2, 0.25) is 0 Å². The topological polar surface area (TPSA) is 54.6 Å². The number of hydrogen-bond acceptors (Lipinski definition) is 4. The molecule has 1 heterocycles. The van der Waals surface area contributed by atoms with Crippen molar-refractivity contribution in [1.82, 2.24) is 5.32 Å². The van der Waals surface area contributed by atoms with Crippen LogP contribution in [0.5, 0.6) is 5.75 Å². The highest BCUT2D eigenvalue weighted by Crippen LogP contribution is 2.23. The van der Waals surface area contributed by atoms with Gasteiger partial charge < -0.3 is 19.6 Å². The van der Waals surface area contributed by atoms with E-state index in [9.17, 15) is 9.50 Å². The van der Waals surface area contributed by atoms with Crippen LogP contribution in [0.25, 0.3) is 0 Å². The lowest BCUT2D eigenvalue weighted by Gasteiger charge is -2.17. The zero-order valence-corrected chi connectivity index (χ0v) is 11.5. The molecule has 0 radical (unpaired) electrons. The van der Waals surface area contributed by atoms with Gasteiger partial charge in [-0.2, -0.15) is 0 Å². The minimum Gasteiger partial charge on any atom is -0.494 e.